The lowest BCUT2D eigenvalue weighted by atomic mass is 9.95. The van der Waals surface area contributed by atoms with E-state index in [9.17, 15) is 18.0 Å². The zero-order valence-electron chi connectivity index (χ0n) is 17.8. The fraction of sp³-hybridized carbons (Fsp3) is 0.652. The standard InChI is InChI=1S/C23H35NO4S/c1-18(2)29(27,28)16-8-4-7-11-22(25)17-19-12-14-20(15-13-19)23(26)24-21-9-5-3-6-10-21/h12-15,18,21H,3-11,16-17H2,1-2H3,(H,24,26). The molecule has 0 aliphatic heterocycles. The summed E-state index contributed by atoms with van der Waals surface area (Å²) >= 11 is 0. The molecule has 1 aromatic rings. The molecule has 1 saturated carbocycles. The summed E-state index contributed by atoms with van der Waals surface area (Å²) in [5, 5.41) is 2.77. The van der Waals surface area contributed by atoms with Crippen molar-refractivity contribution >= 4 is 21.5 Å². The van der Waals surface area contributed by atoms with E-state index in [1.807, 2.05) is 12.1 Å². The molecule has 1 aromatic carbocycles. The molecule has 1 N–H and O–H groups in total. The van der Waals surface area contributed by atoms with Gasteiger partial charge >= 0.3 is 0 Å². The zero-order valence-corrected chi connectivity index (χ0v) is 18.6. The number of hydrogen-bond donors (Lipinski definition) is 1. The maximum absolute atomic E-state index is 12.3. The first-order valence-corrected chi connectivity index (χ1v) is 12.6. The van der Waals surface area contributed by atoms with Crippen molar-refractivity contribution in [1.82, 2.24) is 5.32 Å². The number of Topliss-reactive ketones (excluding diaryl/α,β-unsaturated/α-hetero) is 1. The first-order chi connectivity index (χ1) is 13.8. The smallest absolute Gasteiger partial charge is 0.251 e. The lowest BCUT2D eigenvalue weighted by Crippen LogP contribution is -2.36. The number of hydrogen-bond acceptors (Lipinski definition) is 4. The summed E-state index contributed by atoms with van der Waals surface area (Å²) in [5.41, 5.74) is 1.55. The summed E-state index contributed by atoms with van der Waals surface area (Å²) in [6.45, 7) is 3.40. The maximum Gasteiger partial charge on any atom is 0.251 e. The monoisotopic (exact) mass is 421 g/mol. The summed E-state index contributed by atoms with van der Waals surface area (Å²) in [6, 6.07) is 7.56. The molecule has 162 valence electrons. The van der Waals surface area contributed by atoms with E-state index in [0.717, 1.165) is 24.8 Å². The maximum atomic E-state index is 12.3. The van der Waals surface area contributed by atoms with E-state index in [-0.39, 0.29) is 28.7 Å². The van der Waals surface area contributed by atoms with Crippen LogP contribution in [0.25, 0.3) is 0 Å². The summed E-state index contributed by atoms with van der Waals surface area (Å²) in [5.74, 6) is 0.311. The lowest BCUT2D eigenvalue weighted by Gasteiger charge is -2.22. The van der Waals surface area contributed by atoms with Crippen LogP contribution in [0.15, 0.2) is 24.3 Å². The quantitative estimate of drug-likeness (QED) is 0.542. The minimum absolute atomic E-state index is 0.0360. The molecule has 2 rings (SSSR count). The number of amides is 1. The van der Waals surface area contributed by atoms with Crippen LogP contribution in [-0.4, -0.2) is 37.2 Å². The Hall–Kier alpha value is -1.69. The molecule has 0 radical (unpaired) electrons. The normalized spacial score (nSPS) is 15.4. The van der Waals surface area contributed by atoms with Gasteiger partial charge in [-0.2, -0.15) is 0 Å². The number of carbonyl (C=O) groups excluding carboxylic acids is 2. The Balaban J connectivity index is 1.69. The molecule has 1 aliphatic carbocycles. The van der Waals surface area contributed by atoms with E-state index in [1.54, 1.807) is 26.0 Å². The molecule has 1 aliphatic rings. The van der Waals surface area contributed by atoms with Crippen molar-refractivity contribution in [2.45, 2.75) is 89.3 Å². The van der Waals surface area contributed by atoms with Crippen LogP contribution in [0.5, 0.6) is 0 Å². The molecule has 0 spiro atoms. The van der Waals surface area contributed by atoms with Gasteiger partial charge in [-0.25, -0.2) is 8.42 Å². The first kappa shape index (κ1) is 23.6. The van der Waals surface area contributed by atoms with Crippen LogP contribution in [0.2, 0.25) is 0 Å². The Morgan fingerprint density at radius 1 is 1.00 bits per heavy atom. The van der Waals surface area contributed by atoms with Crippen LogP contribution in [-0.2, 0) is 21.1 Å². The number of sulfone groups is 1. The predicted octanol–water partition coefficient (Wildman–Crippen LogP) is 4.24. The number of benzene rings is 1. The van der Waals surface area contributed by atoms with Gasteiger partial charge in [-0.05, 0) is 57.2 Å². The second-order valence-corrected chi connectivity index (χ2v) is 11.1. The Morgan fingerprint density at radius 3 is 2.28 bits per heavy atom. The summed E-state index contributed by atoms with van der Waals surface area (Å²) in [4.78, 5) is 24.5. The molecular formula is C23H35NO4S. The van der Waals surface area contributed by atoms with Gasteiger partial charge in [-0.1, -0.05) is 37.8 Å². The molecule has 0 heterocycles. The van der Waals surface area contributed by atoms with Gasteiger partial charge < -0.3 is 5.32 Å². The highest BCUT2D eigenvalue weighted by Crippen LogP contribution is 2.18. The van der Waals surface area contributed by atoms with Crippen molar-refractivity contribution in [2.75, 3.05) is 5.75 Å². The second kappa shape index (κ2) is 11.5. The highest BCUT2D eigenvalue weighted by Gasteiger charge is 2.17. The van der Waals surface area contributed by atoms with Gasteiger partial charge in [0.25, 0.3) is 5.91 Å². The molecular weight excluding hydrogens is 386 g/mol. The van der Waals surface area contributed by atoms with Crippen molar-refractivity contribution in [3.63, 3.8) is 0 Å². The number of carbonyl (C=O) groups is 2. The SMILES string of the molecule is CC(C)S(=O)(=O)CCCCCC(=O)Cc1ccc(C(=O)NC2CCCCC2)cc1. The fourth-order valence-electron chi connectivity index (χ4n) is 3.64. The van der Waals surface area contributed by atoms with Crippen molar-refractivity contribution in [1.29, 1.82) is 0 Å². The van der Waals surface area contributed by atoms with Crippen LogP contribution in [0.1, 0.15) is 87.6 Å². The molecule has 29 heavy (non-hydrogen) atoms. The third kappa shape index (κ3) is 8.29. The van der Waals surface area contributed by atoms with Crippen LogP contribution in [0.4, 0.5) is 0 Å². The second-order valence-electron chi connectivity index (χ2n) is 8.45. The largest absolute Gasteiger partial charge is 0.349 e. The minimum Gasteiger partial charge on any atom is -0.349 e. The molecule has 6 heteroatoms. The van der Waals surface area contributed by atoms with E-state index in [2.05, 4.69) is 5.32 Å². The number of ketones is 1. The Morgan fingerprint density at radius 2 is 1.66 bits per heavy atom. The van der Waals surface area contributed by atoms with E-state index in [0.29, 0.717) is 31.2 Å². The van der Waals surface area contributed by atoms with Crippen LogP contribution in [0, 0.1) is 0 Å². The van der Waals surface area contributed by atoms with Gasteiger partial charge in [0, 0.05) is 24.4 Å². The third-order valence-electron chi connectivity index (χ3n) is 5.66. The predicted molar refractivity (Wildman–Crippen MR) is 117 cm³/mol. The minimum atomic E-state index is -2.99. The van der Waals surface area contributed by atoms with Gasteiger partial charge in [-0.15, -0.1) is 0 Å². The van der Waals surface area contributed by atoms with E-state index >= 15 is 0 Å². The average Bonchev–Trinajstić information content (AvgIpc) is 2.68. The Kier molecular flexibility index (Phi) is 9.34. The summed E-state index contributed by atoms with van der Waals surface area (Å²) in [7, 11) is -2.99. The first-order valence-electron chi connectivity index (χ1n) is 10.9. The van der Waals surface area contributed by atoms with Crippen LogP contribution < -0.4 is 5.32 Å². The van der Waals surface area contributed by atoms with E-state index in [1.165, 1.54) is 19.3 Å². The highest BCUT2D eigenvalue weighted by atomic mass is 32.2. The number of nitrogens with one attached hydrogen (secondary N) is 1. The third-order valence-corrected chi connectivity index (χ3v) is 7.95. The van der Waals surface area contributed by atoms with Crippen molar-refractivity contribution in [3.05, 3.63) is 35.4 Å². The van der Waals surface area contributed by atoms with Crippen molar-refractivity contribution in [3.8, 4) is 0 Å². The number of rotatable bonds is 11. The molecule has 1 fully saturated rings. The van der Waals surface area contributed by atoms with Crippen LogP contribution in [0.3, 0.4) is 0 Å². The molecule has 0 bridgehead atoms. The zero-order chi connectivity index (χ0) is 21.3. The van der Waals surface area contributed by atoms with E-state index in [4.69, 9.17) is 0 Å². The molecule has 1 amide bonds. The topological polar surface area (TPSA) is 80.3 Å². The summed E-state index contributed by atoms with van der Waals surface area (Å²) in [6.07, 6.45) is 8.63. The molecule has 0 unspecified atom stereocenters. The fourth-order valence-corrected chi connectivity index (χ4v) is 4.72. The highest BCUT2D eigenvalue weighted by molar-refractivity contribution is 7.91. The van der Waals surface area contributed by atoms with Gasteiger partial charge in [0.05, 0.1) is 11.0 Å². The molecule has 0 atom stereocenters. The number of unbranched alkanes of at least 4 members (excludes halogenated alkanes) is 2. The average molecular weight is 422 g/mol. The van der Waals surface area contributed by atoms with E-state index < -0.39 is 9.84 Å². The lowest BCUT2D eigenvalue weighted by molar-refractivity contribution is -0.118. The summed E-state index contributed by atoms with van der Waals surface area (Å²) < 4.78 is 23.5. The Bertz CT molecular complexity index is 763. The molecule has 0 aromatic heterocycles. The van der Waals surface area contributed by atoms with Gasteiger partial charge in [-0.3, -0.25) is 9.59 Å². The van der Waals surface area contributed by atoms with Crippen LogP contribution >= 0.6 is 0 Å². The van der Waals surface area contributed by atoms with Gasteiger partial charge in [0.2, 0.25) is 0 Å². The van der Waals surface area contributed by atoms with Gasteiger partial charge in [0.15, 0.2) is 9.84 Å². The Labute approximate surface area is 175 Å². The molecule has 0 saturated heterocycles. The van der Waals surface area contributed by atoms with Crippen molar-refractivity contribution < 1.29 is 18.0 Å². The molecule has 5 nitrogen and oxygen atoms in total. The van der Waals surface area contributed by atoms with Gasteiger partial charge in [0.1, 0.15) is 5.78 Å². The van der Waals surface area contributed by atoms with Crippen molar-refractivity contribution in [2.24, 2.45) is 0 Å².